The second-order valence-corrected chi connectivity index (χ2v) is 6.15. The number of carbonyl (C=O) groups is 2. The molecule has 4 unspecified atom stereocenters. The highest BCUT2D eigenvalue weighted by molar-refractivity contribution is 5.90. The van der Waals surface area contributed by atoms with Gasteiger partial charge < -0.3 is 10.2 Å². The van der Waals surface area contributed by atoms with Crippen molar-refractivity contribution in [1.82, 2.24) is 15.1 Å². The summed E-state index contributed by atoms with van der Waals surface area (Å²) in [5.41, 5.74) is 0. The third kappa shape index (κ3) is 2.68. The molecule has 2 rings (SSSR count). The monoisotopic (exact) mass is 281 g/mol. The van der Waals surface area contributed by atoms with Gasteiger partial charge in [-0.05, 0) is 40.0 Å². The minimum absolute atomic E-state index is 0.0122. The molecule has 2 fully saturated rings. The summed E-state index contributed by atoms with van der Waals surface area (Å²) in [6.07, 6.45) is 2.97. The number of nitrogens with one attached hydrogen (secondary N) is 1. The van der Waals surface area contributed by atoms with E-state index in [1.807, 2.05) is 13.8 Å². The van der Waals surface area contributed by atoms with Crippen molar-refractivity contribution >= 4 is 11.8 Å². The number of hydrogen-bond acceptors (Lipinski definition) is 3. The van der Waals surface area contributed by atoms with Crippen LogP contribution in [0.15, 0.2) is 0 Å². The van der Waals surface area contributed by atoms with Crippen molar-refractivity contribution in [3.05, 3.63) is 0 Å². The molecule has 0 saturated carbocycles. The zero-order valence-electron chi connectivity index (χ0n) is 13.1. The third-order valence-electron chi connectivity index (χ3n) is 4.83. The SMILES string of the molecule is CCC1C(=O)NCCN1C(=O)C(C)N1C(C)CCC1C. The van der Waals surface area contributed by atoms with Crippen LogP contribution in [0.5, 0.6) is 0 Å². The molecule has 0 aromatic carbocycles. The van der Waals surface area contributed by atoms with E-state index in [4.69, 9.17) is 0 Å². The number of likely N-dealkylation sites (tertiary alicyclic amines) is 1. The van der Waals surface area contributed by atoms with Crippen LogP contribution in [0.25, 0.3) is 0 Å². The predicted octanol–water partition coefficient (Wildman–Crippen LogP) is 0.985. The van der Waals surface area contributed by atoms with Crippen LogP contribution in [0.3, 0.4) is 0 Å². The van der Waals surface area contributed by atoms with E-state index >= 15 is 0 Å². The second kappa shape index (κ2) is 6.12. The molecular weight excluding hydrogens is 254 g/mol. The number of nitrogens with zero attached hydrogens (tertiary/aromatic N) is 2. The van der Waals surface area contributed by atoms with Crippen molar-refractivity contribution in [2.24, 2.45) is 0 Å². The number of hydrogen-bond donors (Lipinski definition) is 1. The van der Waals surface area contributed by atoms with Gasteiger partial charge in [0.15, 0.2) is 0 Å². The fourth-order valence-corrected chi connectivity index (χ4v) is 3.73. The van der Waals surface area contributed by atoms with Crippen molar-refractivity contribution in [2.75, 3.05) is 13.1 Å². The van der Waals surface area contributed by atoms with Crippen molar-refractivity contribution in [3.8, 4) is 0 Å². The van der Waals surface area contributed by atoms with Gasteiger partial charge in [-0.1, -0.05) is 6.92 Å². The van der Waals surface area contributed by atoms with Gasteiger partial charge in [0.05, 0.1) is 6.04 Å². The van der Waals surface area contributed by atoms with E-state index in [1.54, 1.807) is 4.90 Å². The Morgan fingerprint density at radius 1 is 1.35 bits per heavy atom. The molecule has 2 amide bonds. The minimum atomic E-state index is -0.299. The maximum atomic E-state index is 12.8. The quantitative estimate of drug-likeness (QED) is 0.839. The Morgan fingerprint density at radius 3 is 2.50 bits per heavy atom. The first-order valence-electron chi connectivity index (χ1n) is 7.83. The average molecular weight is 281 g/mol. The van der Waals surface area contributed by atoms with Crippen LogP contribution in [0.4, 0.5) is 0 Å². The summed E-state index contributed by atoms with van der Waals surface area (Å²) in [4.78, 5) is 28.8. The zero-order chi connectivity index (χ0) is 14.9. The number of piperazine rings is 1. The molecule has 2 saturated heterocycles. The summed E-state index contributed by atoms with van der Waals surface area (Å²) in [5.74, 6) is 0.0918. The molecule has 2 aliphatic heterocycles. The van der Waals surface area contributed by atoms with Crippen LogP contribution < -0.4 is 5.32 Å². The lowest BCUT2D eigenvalue weighted by atomic mass is 10.1. The molecular formula is C15H27N3O2. The molecule has 5 nitrogen and oxygen atoms in total. The van der Waals surface area contributed by atoms with Gasteiger partial charge >= 0.3 is 0 Å². The molecule has 1 N–H and O–H groups in total. The van der Waals surface area contributed by atoms with E-state index in [-0.39, 0.29) is 23.9 Å². The summed E-state index contributed by atoms with van der Waals surface area (Å²) in [6.45, 7) is 9.52. The van der Waals surface area contributed by atoms with Gasteiger partial charge in [0.1, 0.15) is 6.04 Å². The van der Waals surface area contributed by atoms with Crippen molar-refractivity contribution in [1.29, 1.82) is 0 Å². The Morgan fingerprint density at radius 2 is 1.95 bits per heavy atom. The lowest BCUT2D eigenvalue weighted by molar-refractivity contribution is -0.147. The van der Waals surface area contributed by atoms with E-state index in [2.05, 4.69) is 24.1 Å². The molecule has 0 aliphatic carbocycles. The Kier molecular flexibility index (Phi) is 4.68. The summed E-state index contributed by atoms with van der Waals surface area (Å²) >= 11 is 0. The maximum Gasteiger partial charge on any atom is 0.242 e. The van der Waals surface area contributed by atoms with Gasteiger partial charge in [-0.2, -0.15) is 0 Å². The highest BCUT2D eigenvalue weighted by Crippen LogP contribution is 2.27. The first-order valence-corrected chi connectivity index (χ1v) is 7.83. The van der Waals surface area contributed by atoms with Crippen molar-refractivity contribution in [2.45, 2.75) is 71.1 Å². The summed E-state index contributed by atoms with van der Waals surface area (Å²) in [7, 11) is 0. The number of amides is 2. The molecule has 0 aromatic heterocycles. The van der Waals surface area contributed by atoms with Gasteiger partial charge in [-0.25, -0.2) is 0 Å². The van der Waals surface area contributed by atoms with Gasteiger partial charge in [0.2, 0.25) is 11.8 Å². The standard InChI is InChI=1S/C15H27N3O2/c1-5-13-14(19)16-8-9-17(13)15(20)12(4)18-10(2)6-7-11(18)3/h10-13H,5-9H2,1-4H3,(H,16,19). The lowest BCUT2D eigenvalue weighted by Crippen LogP contribution is -2.61. The van der Waals surface area contributed by atoms with E-state index in [1.165, 1.54) is 0 Å². The molecule has 2 heterocycles. The predicted molar refractivity (Wildman–Crippen MR) is 78.3 cm³/mol. The fourth-order valence-electron chi connectivity index (χ4n) is 3.73. The lowest BCUT2D eigenvalue weighted by Gasteiger charge is -2.40. The molecule has 0 aromatic rings. The second-order valence-electron chi connectivity index (χ2n) is 6.15. The van der Waals surface area contributed by atoms with Crippen molar-refractivity contribution < 1.29 is 9.59 Å². The van der Waals surface area contributed by atoms with Crippen LogP contribution in [0.2, 0.25) is 0 Å². The number of rotatable bonds is 3. The molecule has 4 atom stereocenters. The third-order valence-corrected chi connectivity index (χ3v) is 4.83. The van der Waals surface area contributed by atoms with Gasteiger partial charge in [0.25, 0.3) is 0 Å². The molecule has 20 heavy (non-hydrogen) atoms. The van der Waals surface area contributed by atoms with E-state index in [0.717, 1.165) is 12.8 Å². The van der Waals surface area contributed by atoms with Crippen LogP contribution in [0.1, 0.15) is 47.0 Å². The van der Waals surface area contributed by atoms with E-state index < -0.39 is 0 Å². The molecule has 5 heteroatoms. The summed E-state index contributed by atoms with van der Waals surface area (Å²) in [6, 6.07) is 0.458. The van der Waals surface area contributed by atoms with Gasteiger partial charge in [0, 0.05) is 25.2 Å². The largest absolute Gasteiger partial charge is 0.353 e. The fraction of sp³-hybridized carbons (Fsp3) is 0.867. The van der Waals surface area contributed by atoms with Gasteiger partial charge in [-0.15, -0.1) is 0 Å². The Hall–Kier alpha value is -1.10. The highest BCUT2D eigenvalue weighted by atomic mass is 16.2. The zero-order valence-corrected chi connectivity index (χ0v) is 13.1. The summed E-state index contributed by atoms with van der Waals surface area (Å²) < 4.78 is 0. The van der Waals surface area contributed by atoms with Gasteiger partial charge in [-0.3, -0.25) is 14.5 Å². The number of carbonyl (C=O) groups excluding carboxylic acids is 2. The Bertz CT molecular complexity index is 375. The Labute approximate surface area is 121 Å². The molecule has 0 spiro atoms. The normalized spacial score (nSPS) is 33.1. The maximum absolute atomic E-state index is 12.8. The van der Waals surface area contributed by atoms with Crippen molar-refractivity contribution in [3.63, 3.8) is 0 Å². The van der Waals surface area contributed by atoms with Crippen LogP contribution in [-0.2, 0) is 9.59 Å². The summed E-state index contributed by atoms with van der Waals surface area (Å²) in [5, 5.41) is 2.85. The first kappa shape index (κ1) is 15.3. The van der Waals surface area contributed by atoms with Crippen LogP contribution >= 0.6 is 0 Å². The average Bonchev–Trinajstić information content (AvgIpc) is 2.76. The topological polar surface area (TPSA) is 52.7 Å². The minimum Gasteiger partial charge on any atom is -0.353 e. The first-order chi connectivity index (χ1) is 9.47. The van der Waals surface area contributed by atoms with Crippen LogP contribution in [0, 0.1) is 0 Å². The van der Waals surface area contributed by atoms with Crippen LogP contribution in [-0.4, -0.2) is 58.9 Å². The molecule has 114 valence electrons. The van der Waals surface area contributed by atoms with E-state index in [0.29, 0.717) is 31.6 Å². The molecule has 0 radical (unpaired) electrons. The molecule has 0 bridgehead atoms. The Balaban J connectivity index is 2.11. The smallest absolute Gasteiger partial charge is 0.242 e. The highest BCUT2D eigenvalue weighted by Gasteiger charge is 2.39. The van der Waals surface area contributed by atoms with E-state index in [9.17, 15) is 9.59 Å². The molecule has 2 aliphatic rings.